The molecule has 0 fully saturated rings. The van der Waals surface area contributed by atoms with Gasteiger partial charge >= 0.3 is 0 Å². The topological polar surface area (TPSA) is 12.0 Å². The predicted molar refractivity (Wildman–Crippen MR) is 58.6 cm³/mol. The van der Waals surface area contributed by atoms with Gasteiger partial charge in [-0.15, -0.1) is 17.9 Å². The standard InChI is InChI=1S/C9H12BrNS/c1-3-4-11-7(2)9-5-8(10)6-12-9/h3,5-7,11H,1,4H2,2H3. The number of halogens is 1. The van der Waals surface area contributed by atoms with Gasteiger partial charge in [-0.1, -0.05) is 6.08 Å². The Labute approximate surface area is 85.6 Å². The van der Waals surface area contributed by atoms with Crippen molar-refractivity contribution in [3.8, 4) is 0 Å². The second-order valence-electron chi connectivity index (χ2n) is 2.59. The molecule has 1 rings (SSSR count). The summed E-state index contributed by atoms with van der Waals surface area (Å²) < 4.78 is 1.16. The van der Waals surface area contributed by atoms with Crippen LogP contribution in [0.1, 0.15) is 17.8 Å². The van der Waals surface area contributed by atoms with Crippen LogP contribution in [-0.2, 0) is 0 Å². The monoisotopic (exact) mass is 245 g/mol. The molecular weight excluding hydrogens is 234 g/mol. The summed E-state index contributed by atoms with van der Waals surface area (Å²) in [7, 11) is 0. The van der Waals surface area contributed by atoms with Crippen LogP contribution in [0, 0.1) is 0 Å². The fourth-order valence-electron chi connectivity index (χ4n) is 0.916. The van der Waals surface area contributed by atoms with Crippen molar-refractivity contribution in [3.63, 3.8) is 0 Å². The van der Waals surface area contributed by atoms with E-state index in [1.54, 1.807) is 11.3 Å². The molecule has 3 heteroatoms. The van der Waals surface area contributed by atoms with Crippen molar-refractivity contribution in [2.24, 2.45) is 0 Å². The molecule has 1 heterocycles. The third-order valence-electron chi connectivity index (χ3n) is 1.58. The van der Waals surface area contributed by atoms with Gasteiger partial charge in [0.05, 0.1) is 0 Å². The lowest BCUT2D eigenvalue weighted by molar-refractivity contribution is 0.627. The van der Waals surface area contributed by atoms with E-state index in [9.17, 15) is 0 Å². The van der Waals surface area contributed by atoms with E-state index in [0.29, 0.717) is 6.04 Å². The predicted octanol–water partition coefficient (Wildman–Crippen LogP) is 3.35. The Morgan fingerprint density at radius 3 is 3.08 bits per heavy atom. The summed E-state index contributed by atoms with van der Waals surface area (Å²) >= 11 is 5.20. The Morgan fingerprint density at radius 1 is 1.83 bits per heavy atom. The molecule has 66 valence electrons. The van der Waals surface area contributed by atoms with E-state index >= 15 is 0 Å². The molecule has 0 amide bonds. The van der Waals surface area contributed by atoms with Crippen molar-refractivity contribution >= 4 is 27.3 Å². The van der Waals surface area contributed by atoms with E-state index in [2.05, 4.69) is 46.2 Å². The van der Waals surface area contributed by atoms with Gasteiger partial charge in [-0.25, -0.2) is 0 Å². The molecule has 0 aliphatic heterocycles. The van der Waals surface area contributed by atoms with Crippen molar-refractivity contribution in [2.75, 3.05) is 6.54 Å². The Bertz CT molecular complexity index is 257. The zero-order valence-corrected chi connectivity index (χ0v) is 9.41. The van der Waals surface area contributed by atoms with Crippen LogP contribution < -0.4 is 5.32 Å². The SMILES string of the molecule is C=CCNC(C)c1cc(Br)cs1. The summed E-state index contributed by atoms with van der Waals surface area (Å²) in [4.78, 5) is 1.35. The van der Waals surface area contributed by atoms with Crippen LogP contribution in [0.5, 0.6) is 0 Å². The molecular formula is C9H12BrNS. The number of hydrogen-bond donors (Lipinski definition) is 1. The third-order valence-corrected chi connectivity index (χ3v) is 3.46. The minimum atomic E-state index is 0.416. The van der Waals surface area contributed by atoms with Gasteiger partial charge in [0.15, 0.2) is 0 Å². The molecule has 0 aliphatic rings. The molecule has 0 radical (unpaired) electrons. The minimum absolute atomic E-state index is 0.416. The highest BCUT2D eigenvalue weighted by Gasteiger charge is 2.05. The maximum Gasteiger partial charge on any atom is 0.0388 e. The van der Waals surface area contributed by atoms with Crippen LogP contribution in [0.2, 0.25) is 0 Å². The minimum Gasteiger partial charge on any atom is -0.306 e. The highest BCUT2D eigenvalue weighted by atomic mass is 79.9. The van der Waals surface area contributed by atoms with Crippen molar-refractivity contribution < 1.29 is 0 Å². The van der Waals surface area contributed by atoms with Gasteiger partial charge in [0, 0.05) is 27.3 Å². The van der Waals surface area contributed by atoms with E-state index in [1.165, 1.54) is 4.88 Å². The zero-order chi connectivity index (χ0) is 8.97. The average molecular weight is 246 g/mol. The maximum atomic E-state index is 3.66. The van der Waals surface area contributed by atoms with Crippen molar-refractivity contribution in [3.05, 3.63) is 33.5 Å². The molecule has 1 unspecified atom stereocenters. The van der Waals surface area contributed by atoms with E-state index in [4.69, 9.17) is 0 Å². The summed E-state index contributed by atoms with van der Waals surface area (Å²) in [5.74, 6) is 0. The fourth-order valence-corrected chi connectivity index (χ4v) is 2.39. The second-order valence-corrected chi connectivity index (χ2v) is 4.44. The first-order chi connectivity index (χ1) is 5.74. The number of rotatable bonds is 4. The average Bonchev–Trinajstić information content (AvgIpc) is 2.47. The van der Waals surface area contributed by atoms with Crippen LogP contribution in [0.4, 0.5) is 0 Å². The van der Waals surface area contributed by atoms with Crippen molar-refractivity contribution in [2.45, 2.75) is 13.0 Å². The van der Waals surface area contributed by atoms with Gasteiger partial charge in [0.25, 0.3) is 0 Å². The molecule has 12 heavy (non-hydrogen) atoms. The first-order valence-corrected chi connectivity index (χ1v) is 5.49. The zero-order valence-electron chi connectivity index (χ0n) is 7.01. The first-order valence-electron chi connectivity index (χ1n) is 3.82. The van der Waals surface area contributed by atoms with Crippen LogP contribution >= 0.6 is 27.3 Å². The molecule has 1 N–H and O–H groups in total. The number of thiophene rings is 1. The summed E-state index contributed by atoms with van der Waals surface area (Å²) in [6.45, 7) is 6.68. The Kier molecular flexibility index (Phi) is 3.98. The lowest BCUT2D eigenvalue weighted by Crippen LogP contribution is -2.17. The quantitative estimate of drug-likeness (QED) is 0.803. The lowest BCUT2D eigenvalue weighted by Gasteiger charge is -2.08. The second kappa shape index (κ2) is 4.80. The van der Waals surface area contributed by atoms with Gasteiger partial charge in [-0.05, 0) is 28.9 Å². The third kappa shape index (κ3) is 2.73. The van der Waals surface area contributed by atoms with E-state index in [-0.39, 0.29) is 0 Å². The maximum absolute atomic E-state index is 3.66. The fraction of sp³-hybridized carbons (Fsp3) is 0.333. The van der Waals surface area contributed by atoms with E-state index in [1.807, 2.05) is 6.08 Å². The van der Waals surface area contributed by atoms with Crippen molar-refractivity contribution in [1.29, 1.82) is 0 Å². The van der Waals surface area contributed by atoms with Gasteiger partial charge in [0.2, 0.25) is 0 Å². The normalized spacial score (nSPS) is 12.8. The Hall–Kier alpha value is -0.120. The molecule has 0 saturated carbocycles. The molecule has 1 aromatic heterocycles. The summed E-state index contributed by atoms with van der Waals surface area (Å²) in [6, 6.07) is 2.56. The highest BCUT2D eigenvalue weighted by Crippen LogP contribution is 2.24. The molecule has 1 aromatic rings. The van der Waals surface area contributed by atoms with Crippen molar-refractivity contribution in [1.82, 2.24) is 5.32 Å². The molecule has 0 aliphatic carbocycles. The summed E-state index contributed by atoms with van der Waals surface area (Å²) in [5.41, 5.74) is 0. The van der Waals surface area contributed by atoms with Gasteiger partial charge in [-0.3, -0.25) is 0 Å². The van der Waals surface area contributed by atoms with Gasteiger partial charge in [-0.2, -0.15) is 0 Å². The van der Waals surface area contributed by atoms with Gasteiger partial charge < -0.3 is 5.32 Å². The number of nitrogens with one attached hydrogen (secondary N) is 1. The molecule has 0 saturated heterocycles. The highest BCUT2D eigenvalue weighted by molar-refractivity contribution is 9.10. The number of hydrogen-bond acceptors (Lipinski definition) is 2. The smallest absolute Gasteiger partial charge is 0.0388 e. The molecule has 0 spiro atoms. The summed E-state index contributed by atoms with van der Waals surface area (Å²) in [5, 5.41) is 5.43. The summed E-state index contributed by atoms with van der Waals surface area (Å²) in [6.07, 6.45) is 1.87. The lowest BCUT2D eigenvalue weighted by atomic mass is 10.3. The molecule has 1 nitrogen and oxygen atoms in total. The van der Waals surface area contributed by atoms with Crippen LogP contribution in [0.3, 0.4) is 0 Å². The van der Waals surface area contributed by atoms with E-state index in [0.717, 1.165) is 11.0 Å². The molecule has 1 atom stereocenters. The molecule has 0 bridgehead atoms. The molecule has 0 aromatic carbocycles. The Balaban J connectivity index is 2.52. The van der Waals surface area contributed by atoms with Crippen LogP contribution in [-0.4, -0.2) is 6.54 Å². The first kappa shape index (κ1) is 9.96. The van der Waals surface area contributed by atoms with Crippen LogP contribution in [0.15, 0.2) is 28.6 Å². The largest absolute Gasteiger partial charge is 0.306 e. The van der Waals surface area contributed by atoms with Gasteiger partial charge in [0.1, 0.15) is 0 Å². The Morgan fingerprint density at radius 2 is 2.58 bits per heavy atom. The van der Waals surface area contributed by atoms with Crippen LogP contribution in [0.25, 0.3) is 0 Å². The van der Waals surface area contributed by atoms with E-state index < -0.39 is 0 Å².